The second-order valence-electron chi connectivity index (χ2n) is 7.29. The van der Waals surface area contributed by atoms with Crippen LogP contribution in [0, 0.1) is 19.3 Å². The van der Waals surface area contributed by atoms with Crippen LogP contribution in [0.1, 0.15) is 53.3 Å². The number of carbonyl (C=O) groups excluding carboxylic acids is 1. The predicted molar refractivity (Wildman–Crippen MR) is 98.0 cm³/mol. The van der Waals surface area contributed by atoms with Crippen LogP contribution in [0.3, 0.4) is 0 Å². The molecule has 1 aromatic heterocycles. The number of carbonyl (C=O) groups is 1. The van der Waals surface area contributed by atoms with Crippen LogP contribution in [0.5, 0.6) is 0 Å². The van der Waals surface area contributed by atoms with E-state index < -0.39 is 0 Å². The maximum atomic E-state index is 12.7. The molecular weight excluding hydrogens is 340 g/mol. The minimum Gasteiger partial charge on any atom is -0.455 e. The normalized spacial score (nSPS) is 17.4. The molecule has 0 radical (unpaired) electrons. The van der Waals surface area contributed by atoms with Gasteiger partial charge in [0.1, 0.15) is 5.76 Å². The molecule has 1 amide bonds. The summed E-state index contributed by atoms with van der Waals surface area (Å²) >= 11 is 6.11. The topological polar surface area (TPSA) is 74.8 Å². The highest BCUT2D eigenvalue weighted by Gasteiger charge is 2.36. The Balaban J connectivity index is 1.98. The van der Waals surface area contributed by atoms with Crippen LogP contribution in [-0.2, 0) is 6.42 Å². The standard InChI is InChI=1S/C19H21ClN2O3/c1-10-12(20)6-5-7-13(10)21-18(23)17-11(2)16-14(22-24)8-19(3,4)9-15(16)25-17/h5-7,24H,8-9H2,1-4H3,(H,21,23)/b22-14-. The molecule has 0 unspecified atom stereocenters. The first-order chi connectivity index (χ1) is 11.7. The molecule has 0 spiro atoms. The quantitative estimate of drug-likeness (QED) is 0.587. The zero-order valence-corrected chi connectivity index (χ0v) is 15.5. The highest BCUT2D eigenvalue weighted by molar-refractivity contribution is 6.31. The van der Waals surface area contributed by atoms with Gasteiger partial charge in [-0.2, -0.15) is 0 Å². The monoisotopic (exact) mass is 360 g/mol. The number of anilines is 1. The lowest BCUT2D eigenvalue weighted by Gasteiger charge is -2.28. The number of fused-ring (bicyclic) bond motifs is 1. The third kappa shape index (κ3) is 3.16. The summed E-state index contributed by atoms with van der Waals surface area (Å²) in [6.45, 7) is 7.81. The van der Waals surface area contributed by atoms with Gasteiger partial charge in [-0.25, -0.2) is 0 Å². The molecule has 1 aliphatic rings. The molecule has 2 aromatic rings. The summed E-state index contributed by atoms with van der Waals surface area (Å²) in [5, 5.41) is 16.2. The Morgan fingerprint density at radius 3 is 2.68 bits per heavy atom. The Morgan fingerprint density at radius 2 is 2.00 bits per heavy atom. The molecule has 0 saturated carbocycles. The second-order valence-corrected chi connectivity index (χ2v) is 7.69. The lowest BCUT2D eigenvalue weighted by molar-refractivity contribution is 0.0992. The molecule has 3 rings (SSSR count). The Bertz CT molecular complexity index is 881. The van der Waals surface area contributed by atoms with Crippen molar-refractivity contribution in [2.45, 2.75) is 40.5 Å². The molecule has 0 fully saturated rings. The van der Waals surface area contributed by atoms with Crippen LogP contribution < -0.4 is 5.32 Å². The average molecular weight is 361 g/mol. The fourth-order valence-corrected chi connectivity index (χ4v) is 3.51. The number of oxime groups is 1. The van der Waals surface area contributed by atoms with Crippen molar-refractivity contribution in [1.29, 1.82) is 0 Å². The fraction of sp³-hybridized carbons (Fsp3) is 0.368. The van der Waals surface area contributed by atoms with Gasteiger partial charge in [-0.3, -0.25) is 4.79 Å². The average Bonchev–Trinajstić information content (AvgIpc) is 2.86. The van der Waals surface area contributed by atoms with Gasteiger partial charge in [0, 0.05) is 28.3 Å². The number of amides is 1. The molecular formula is C19H21ClN2O3. The van der Waals surface area contributed by atoms with Crippen molar-refractivity contribution in [2.24, 2.45) is 10.6 Å². The first kappa shape index (κ1) is 17.5. The van der Waals surface area contributed by atoms with E-state index in [4.69, 9.17) is 16.0 Å². The number of hydrogen-bond donors (Lipinski definition) is 2. The van der Waals surface area contributed by atoms with Gasteiger partial charge in [-0.15, -0.1) is 0 Å². The molecule has 5 nitrogen and oxygen atoms in total. The van der Waals surface area contributed by atoms with E-state index in [0.717, 1.165) is 11.1 Å². The van der Waals surface area contributed by atoms with Gasteiger partial charge in [0.25, 0.3) is 5.91 Å². The summed E-state index contributed by atoms with van der Waals surface area (Å²) in [7, 11) is 0. The zero-order valence-electron chi connectivity index (χ0n) is 14.7. The van der Waals surface area contributed by atoms with E-state index in [1.54, 1.807) is 18.2 Å². The van der Waals surface area contributed by atoms with Crippen LogP contribution in [0.15, 0.2) is 27.8 Å². The summed E-state index contributed by atoms with van der Waals surface area (Å²) in [5.41, 5.74) is 3.35. The van der Waals surface area contributed by atoms with Gasteiger partial charge in [-0.1, -0.05) is 36.7 Å². The van der Waals surface area contributed by atoms with Crippen molar-refractivity contribution in [2.75, 3.05) is 5.32 Å². The molecule has 0 saturated heterocycles. The van der Waals surface area contributed by atoms with Crippen molar-refractivity contribution in [3.63, 3.8) is 0 Å². The first-order valence-corrected chi connectivity index (χ1v) is 8.51. The summed E-state index contributed by atoms with van der Waals surface area (Å²) in [4.78, 5) is 12.7. The smallest absolute Gasteiger partial charge is 0.291 e. The second kappa shape index (κ2) is 6.23. The number of hydrogen-bond acceptors (Lipinski definition) is 4. The summed E-state index contributed by atoms with van der Waals surface area (Å²) in [6, 6.07) is 5.35. The maximum absolute atomic E-state index is 12.7. The molecule has 132 valence electrons. The van der Waals surface area contributed by atoms with Gasteiger partial charge in [0.05, 0.1) is 5.71 Å². The summed E-state index contributed by atoms with van der Waals surface area (Å²) in [5.74, 6) is 0.588. The van der Waals surface area contributed by atoms with E-state index in [9.17, 15) is 10.0 Å². The lowest BCUT2D eigenvalue weighted by atomic mass is 9.75. The highest BCUT2D eigenvalue weighted by Crippen LogP contribution is 2.39. The van der Waals surface area contributed by atoms with Crippen molar-refractivity contribution in [1.82, 2.24) is 0 Å². The number of rotatable bonds is 2. The Morgan fingerprint density at radius 1 is 1.28 bits per heavy atom. The number of benzene rings is 1. The molecule has 2 N–H and O–H groups in total. The van der Waals surface area contributed by atoms with Gasteiger partial charge in [-0.05, 0) is 43.4 Å². The van der Waals surface area contributed by atoms with Gasteiger partial charge < -0.3 is 14.9 Å². The number of nitrogens with zero attached hydrogens (tertiary/aromatic N) is 1. The van der Waals surface area contributed by atoms with Crippen molar-refractivity contribution >= 4 is 28.9 Å². The van der Waals surface area contributed by atoms with Gasteiger partial charge >= 0.3 is 0 Å². The number of nitrogens with one attached hydrogen (secondary N) is 1. The van der Waals surface area contributed by atoms with E-state index in [2.05, 4.69) is 24.3 Å². The van der Waals surface area contributed by atoms with E-state index in [1.807, 2.05) is 13.8 Å². The number of halogens is 1. The van der Waals surface area contributed by atoms with Crippen LogP contribution in [-0.4, -0.2) is 16.8 Å². The third-order valence-corrected chi connectivity index (χ3v) is 5.05. The van der Waals surface area contributed by atoms with Gasteiger partial charge in [0.2, 0.25) is 0 Å². The van der Waals surface area contributed by atoms with E-state index in [-0.39, 0.29) is 17.1 Å². The summed E-state index contributed by atoms with van der Waals surface area (Å²) in [6.07, 6.45) is 1.32. The SMILES string of the molecule is Cc1c(Cl)cccc1NC(=O)c1oc2c(c1C)/C(=N\O)CC(C)(C)C2. The van der Waals surface area contributed by atoms with Crippen molar-refractivity contribution in [3.8, 4) is 0 Å². The van der Waals surface area contributed by atoms with Crippen LogP contribution in [0.25, 0.3) is 0 Å². The van der Waals surface area contributed by atoms with Crippen molar-refractivity contribution < 1.29 is 14.4 Å². The largest absolute Gasteiger partial charge is 0.455 e. The number of furan rings is 1. The molecule has 0 atom stereocenters. The first-order valence-electron chi connectivity index (χ1n) is 8.13. The Kier molecular flexibility index (Phi) is 4.37. The minimum atomic E-state index is -0.340. The molecule has 1 aromatic carbocycles. The van der Waals surface area contributed by atoms with Crippen molar-refractivity contribution in [3.05, 3.63) is 51.4 Å². The van der Waals surface area contributed by atoms with Gasteiger partial charge in [0.15, 0.2) is 5.76 Å². The fourth-order valence-electron chi connectivity index (χ4n) is 3.34. The van der Waals surface area contributed by atoms with Crippen LogP contribution in [0.4, 0.5) is 5.69 Å². The highest BCUT2D eigenvalue weighted by atomic mass is 35.5. The maximum Gasteiger partial charge on any atom is 0.291 e. The van der Waals surface area contributed by atoms with E-state index in [1.165, 1.54) is 0 Å². The van der Waals surface area contributed by atoms with E-state index >= 15 is 0 Å². The van der Waals surface area contributed by atoms with Crippen LogP contribution >= 0.6 is 11.6 Å². The minimum absolute atomic E-state index is 0.0872. The molecule has 25 heavy (non-hydrogen) atoms. The zero-order chi connectivity index (χ0) is 18.4. The Labute approximate surface area is 151 Å². The Hall–Kier alpha value is -2.27. The molecule has 1 aliphatic carbocycles. The summed E-state index contributed by atoms with van der Waals surface area (Å²) < 4.78 is 5.87. The molecule has 0 aliphatic heterocycles. The third-order valence-electron chi connectivity index (χ3n) is 4.64. The molecule has 0 bridgehead atoms. The molecule has 1 heterocycles. The van der Waals surface area contributed by atoms with Crippen LogP contribution in [0.2, 0.25) is 5.02 Å². The predicted octanol–water partition coefficient (Wildman–Crippen LogP) is 4.95. The van der Waals surface area contributed by atoms with E-state index in [0.29, 0.717) is 40.6 Å². The lowest BCUT2D eigenvalue weighted by Crippen LogP contribution is -2.27. The molecule has 6 heteroatoms.